The first-order valence-electron chi connectivity index (χ1n) is 6.69. The van der Waals surface area contributed by atoms with E-state index in [-0.39, 0.29) is 5.92 Å². The normalized spacial score (nSPS) is 24.1. The summed E-state index contributed by atoms with van der Waals surface area (Å²) < 4.78 is 0. The second-order valence-electron chi connectivity index (χ2n) is 5.28. The minimum atomic E-state index is -0.745. The number of rotatable bonds is 4. The van der Waals surface area contributed by atoms with Crippen LogP contribution in [0.15, 0.2) is 67.2 Å². The molecule has 2 aromatic rings. The molecule has 0 heterocycles. The molecule has 0 saturated heterocycles. The van der Waals surface area contributed by atoms with Gasteiger partial charge < -0.3 is 5.11 Å². The van der Waals surface area contributed by atoms with Gasteiger partial charge in [-0.25, -0.2) is 0 Å². The van der Waals surface area contributed by atoms with E-state index in [2.05, 4.69) is 6.58 Å². The Bertz CT molecular complexity index is 646. The number of carbonyl (C=O) groups is 1. The number of allylic oxidation sites excluding steroid dienone is 1. The van der Waals surface area contributed by atoms with Crippen molar-refractivity contribution in [1.82, 2.24) is 0 Å². The zero-order chi connectivity index (χ0) is 14.2. The van der Waals surface area contributed by atoms with E-state index < -0.39 is 11.4 Å². The van der Waals surface area contributed by atoms with Crippen LogP contribution in [0.2, 0.25) is 0 Å². The Hall–Kier alpha value is -2.35. The molecule has 1 aliphatic rings. The van der Waals surface area contributed by atoms with Crippen LogP contribution in [0.4, 0.5) is 0 Å². The molecular weight excluding hydrogens is 248 g/mol. The van der Waals surface area contributed by atoms with Crippen LogP contribution in [0.25, 0.3) is 5.57 Å². The summed E-state index contributed by atoms with van der Waals surface area (Å²) in [5.74, 6) is -1.12. The largest absolute Gasteiger partial charge is 0.481 e. The van der Waals surface area contributed by atoms with Gasteiger partial charge in [0.15, 0.2) is 0 Å². The minimum Gasteiger partial charge on any atom is -0.481 e. The number of benzene rings is 2. The molecule has 3 rings (SSSR count). The monoisotopic (exact) mass is 264 g/mol. The van der Waals surface area contributed by atoms with E-state index in [1.807, 2.05) is 60.7 Å². The molecule has 1 saturated carbocycles. The summed E-state index contributed by atoms with van der Waals surface area (Å²) in [6, 6.07) is 19.7. The summed E-state index contributed by atoms with van der Waals surface area (Å²) in [6.07, 6.45) is 0.625. The molecule has 0 spiro atoms. The van der Waals surface area contributed by atoms with Gasteiger partial charge in [-0.05, 0) is 23.1 Å². The maximum atomic E-state index is 11.4. The number of hydrogen-bond acceptors (Lipinski definition) is 1. The van der Waals surface area contributed by atoms with Crippen LogP contribution >= 0.6 is 0 Å². The Morgan fingerprint density at radius 2 is 1.60 bits per heavy atom. The SMILES string of the molecule is C=C(c1ccccc1)C1(c2ccccc2)CC1C(=O)O. The fourth-order valence-electron chi connectivity index (χ4n) is 3.02. The standard InChI is InChI=1S/C18H16O2/c1-13(14-8-4-2-5-9-14)18(12-16(18)17(19)20)15-10-6-3-7-11-15/h2-11,16H,1,12H2,(H,19,20). The molecule has 1 aliphatic carbocycles. The number of carboxylic acids is 1. The lowest BCUT2D eigenvalue weighted by molar-refractivity contribution is -0.138. The van der Waals surface area contributed by atoms with Gasteiger partial charge in [-0.1, -0.05) is 67.2 Å². The lowest BCUT2D eigenvalue weighted by Crippen LogP contribution is -2.16. The summed E-state index contributed by atoms with van der Waals surface area (Å²) >= 11 is 0. The third-order valence-electron chi connectivity index (χ3n) is 4.21. The molecule has 2 unspecified atom stereocenters. The van der Waals surface area contributed by atoms with Crippen molar-refractivity contribution in [3.05, 3.63) is 78.4 Å². The molecule has 20 heavy (non-hydrogen) atoms. The highest BCUT2D eigenvalue weighted by Gasteiger charge is 2.61. The Kier molecular flexibility index (Phi) is 2.94. The third kappa shape index (κ3) is 1.85. The van der Waals surface area contributed by atoms with E-state index in [1.165, 1.54) is 0 Å². The maximum Gasteiger partial charge on any atom is 0.307 e. The van der Waals surface area contributed by atoms with Crippen LogP contribution in [0, 0.1) is 5.92 Å². The highest BCUT2D eigenvalue weighted by atomic mass is 16.4. The first kappa shape index (κ1) is 12.7. The third-order valence-corrected chi connectivity index (χ3v) is 4.21. The average molecular weight is 264 g/mol. The minimum absolute atomic E-state index is 0.377. The summed E-state index contributed by atoms with van der Waals surface area (Å²) in [4.78, 5) is 11.4. The second kappa shape index (κ2) is 4.64. The number of hydrogen-bond donors (Lipinski definition) is 1. The quantitative estimate of drug-likeness (QED) is 0.913. The Balaban J connectivity index is 2.06. The van der Waals surface area contributed by atoms with E-state index >= 15 is 0 Å². The number of aliphatic carboxylic acids is 1. The van der Waals surface area contributed by atoms with Gasteiger partial charge in [-0.3, -0.25) is 4.79 Å². The van der Waals surface area contributed by atoms with Crippen LogP contribution in [0.3, 0.4) is 0 Å². The highest BCUT2D eigenvalue weighted by Crippen LogP contribution is 2.61. The van der Waals surface area contributed by atoms with Crippen molar-refractivity contribution in [2.75, 3.05) is 0 Å². The summed E-state index contributed by atoms with van der Waals surface area (Å²) in [5.41, 5.74) is 2.51. The van der Waals surface area contributed by atoms with Gasteiger partial charge in [0, 0.05) is 5.41 Å². The van der Waals surface area contributed by atoms with Crippen LogP contribution in [-0.4, -0.2) is 11.1 Å². The molecule has 0 bridgehead atoms. The topological polar surface area (TPSA) is 37.3 Å². The predicted molar refractivity (Wildman–Crippen MR) is 79.3 cm³/mol. The van der Waals surface area contributed by atoms with Crippen LogP contribution in [0.5, 0.6) is 0 Å². The van der Waals surface area contributed by atoms with E-state index in [0.717, 1.165) is 16.7 Å². The van der Waals surface area contributed by atoms with E-state index in [4.69, 9.17) is 0 Å². The molecule has 2 nitrogen and oxygen atoms in total. The van der Waals surface area contributed by atoms with Crippen molar-refractivity contribution in [2.45, 2.75) is 11.8 Å². The van der Waals surface area contributed by atoms with Crippen molar-refractivity contribution in [3.63, 3.8) is 0 Å². The van der Waals surface area contributed by atoms with Gasteiger partial charge in [-0.15, -0.1) is 0 Å². The van der Waals surface area contributed by atoms with Crippen LogP contribution in [-0.2, 0) is 10.2 Å². The van der Waals surface area contributed by atoms with Crippen molar-refractivity contribution < 1.29 is 9.90 Å². The molecule has 1 fully saturated rings. The van der Waals surface area contributed by atoms with Gasteiger partial charge in [0.2, 0.25) is 0 Å². The van der Waals surface area contributed by atoms with Crippen molar-refractivity contribution >= 4 is 11.5 Å². The van der Waals surface area contributed by atoms with Crippen molar-refractivity contribution in [3.8, 4) is 0 Å². The van der Waals surface area contributed by atoms with Crippen LogP contribution in [0.1, 0.15) is 17.5 Å². The first-order chi connectivity index (χ1) is 9.66. The molecule has 1 N–H and O–H groups in total. The maximum absolute atomic E-state index is 11.4. The number of carboxylic acid groups (broad SMARTS) is 1. The fourth-order valence-corrected chi connectivity index (χ4v) is 3.02. The van der Waals surface area contributed by atoms with Gasteiger partial charge in [0.05, 0.1) is 5.92 Å². The van der Waals surface area contributed by atoms with Crippen molar-refractivity contribution in [2.24, 2.45) is 5.92 Å². The lowest BCUT2D eigenvalue weighted by atomic mass is 9.82. The molecular formula is C18H16O2. The zero-order valence-corrected chi connectivity index (χ0v) is 11.1. The molecule has 0 amide bonds. The smallest absolute Gasteiger partial charge is 0.307 e. The molecule has 0 aromatic heterocycles. The van der Waals surface area contributed by atoms with Crippen LogP contribution < -0.4 is 0 Å². The molecule has 2 heteroatoms. The summed E-state index contributed by atoms with van der Waals surface area (Å²) in [5, 5.41) is 9.40. The second-order valence-corrected chi connectivity index (χ2v) is 5.28. The highest BCUT2D eigenvalue weighted by molar-refractivity contribution is 5.88. The van der Waals surface area contributed by atoms with E-state index in [1.54, 1.807) is 0 Å². The van der Waals surface area contributed by atoms with E-state index in [0.29, 0.717) is 6.42 Å². The fraction of sp³-hybridized carbons (Fsp3) is 0.167. The Morgan fingerprint density at radius 1 is 1.05 bits per heavy atom. The Morgan fingerprint density at radius 3 is 2.10 bits per heavy atom. The van der Waals surface area contributed by atoms with E-state index in [9.17, 15) is 9.90 Å². The average Bonchev–Trinajstić information content (AvgIpc) is 3.25. The lowest BCUT2D eigenvalue weighted by Gasteiger charge is -2.20. The summed E-state index contributed by atoms with van der Waals surface area (Å²) in [6.45, 7) is 4.20. The molecule has 0 aliphatic heterocycles. The van der Waals surface area contributed by atoms with Crippen molar-refractivity contribution in [1.29, 1.82) is 0 Å². The van der Waals surface area contributed by atoms with Gasteiger partial charge >= 0.3 is 5.97 Å². The molecule has 100 valence electrons. The first-order valence-corrected chi connectivity index (χ1v) is 6.69. The molecule has 2 aromatic carbocycles. The predicted octanol–water partition coefficient (Wildman–Crippen LogP) is 3.74. The molecule has 0 radical (unpaired) electrons. The van der Waals surface area contributed by atoms with Gasteiger partial charge in [-0.2, -0.15) is 0 Å². The Labute approximate surface area is 118 Å². The van der Waals surface area contributed by atoms with Gasteiger partial charge in [0.1, 0.15) is 0 Å². The van der Waals surface area contributed by atoms with Gasteiger partial charge in [0.25, 0.3) is 0 Å². The molecule has 2 atom stereocenters. The zero-order valence-electron chi connectivity index (χ0n) is 11.1. The summed E-state index contributed by atoms with van der Waals surface area (Å²) in [7, 11) is 0.